The van der Waals surface area contributed by atoms with Crippen LogP contribution in [0.25, 0.3) is 0 Å². The van der Waals surface area contributed by atoms with Gasteiger partial charge in [-0.25, -0.2) is 14.4 Å². The summed E-state index contributed by atoms with van der Waals surface area (Å²) >= 11 is 0. The van der Waals surface area contributed by atoms with Crippen molar-refractivity contribution >= 4 is 29.0 Å². The Labute approximate surface area is 181 Å². The number of ether oxygens (including phenoxy) is 1. The average molecular weight is 432 g/mol. The first kappa shape index (κ1) is 22.7. The zero-order chi connectivity index (χ0) is 22.4. The summed E-state index contributed by atoms with van der Waals surface area (Å²) in [7, 11) is 0. The maximum absolute atomic E-state index is 14.6. The topological polar surface area (TPSA) is 131 Å². The fraction of sp³-hybridized carbons (Fsp3) is 0.476. The molecule has 0 unspecified atom stereocenters. The molecule has 0 bridgehead atoms. The molecule has 2 aromatic heterocycles. The Hall–Kier alpha value is -2.98. The van der Waals surface area contributed by atoms with Crippen molar-refractivity contribution in [1.82, 2.24) is 9.97 Å². The van der Waals surface area contributed by atoms with Gasteiger partial charge >= 0.3 is 0 Å². The number of rotatable bonds is 9. The summed E-state index contributed by atoms with van der Waals surface area (Å²) in [5, 5.41) is 6.06. The molecular formula is C21H30FN7O2. The Kier molecular flexibility index (Phi) is 7.59. The third-order valence-corrected chi connectivity index (χ3v) is 4.97. The van der Waals surface area contributed by atoms with Crippen LogP contribution < -0.4 is 27.0 Å². The highest BCUT2D eigenvalue weighted by Crippen LogP contribution is 2.25. The predicted octanol–water partition coefficient (Wildman–Crippen LogP) is 2.08. The first-order valence-electron chi connectivity index (χ1n) is 10.4. The van der Waals surface area contributed by atoms with Crippen molar-refractivity contribution in [3.8, 4) is 0 Å². The van der Waals surface area contributed by atoms with Crippen molar-refractivity contribution in [1.29, 1.82) is 0 Å². The highest BCUT2D eigenvalue weighted by Gasteiger charge is 2.19. The summed E-state index contributed by atoms with van der Waals surface area (Å²) in [6.45, 7) is 7.33. The standard InChI is InChI=1S/C21H30FN7O2/c1-13(2)9-15(11-23)27-21-17(22)10-16(19(24)30)20(28-21)26-14-3-4-18(25-12-14)29-5-7-31-8-6-29/h3-4,10,12-13,15H,5-9,11,23H2,1-2H3,(H2,24,30)(H2,26,27,28)/t15-/m1/s1. The molecule has 1 amide bonds. The quantitative estimate of drug-likeness (QED) is 0.475. The number of carbonyl (C=O) groups is 1. The molecule has 9 nitrogen and oxygen atoms in total. The van der Waals surface area contributed by atoms with Crippen LogP contribution in [-0.4, -0.2) is 54.8 Å². The van der Waals surface area contributed by atoms with Crippen molar-refractivity contribution in [2.45, 2.75) is 26.3 Å². The van der Waals surface area contributed by atoms with E-state index in [4.69, 9.17) is 16.2 Å². The number of nitrogens with two attached hydrogens (primary N) is 2. The molecule has 0 spiro atoms. The van der Waals surface area contributed by atoms with Crippen LogP contribution in [0.4, 0.5) is 27.5 Å². The van der Waals surface area contributed by atoms with Crippen molar-refractivity contribution < 1.29 is 13.9 Å². The Morgan fingerprint density at radius 1 is 1.29 bits per heavy atom. The smallest absolute Gasteiger partial charge is 0.252 e. The van der Waals surface area contributed by atoms with E-state index in [0.29, 0.717) is 31.4 Å². The van der Waals surface area contributed by atoms with Gasteiger partial charge in [0.2, 0.25) is 0 Å². The van der Waals surface area contributed by atoms with E-state index < -0.39 is 11.7 Å². The van der Waals surface area contributed by atoms with Crippen LogP contribution in [0.2, 0.25) is 0 Å². The number of pyridine rings is 2. The molecule has 1 fully saturated rings. The molecule has 0 saturated carbocycles. The summed E-state index contributed by atoms with van der Waals surface area (Å²) in [5.74, 6) is -0.0714. The largest absolute Gasteiger partial charge is 0.378 e. The molecule has 3 rings (SSSR count). The third-order valence-electron chi connectivity index (χ3n) is 4.97. The second kappa shape index (κ2) is 10.4. The fourth-order valence-corrected chi connectivity index (χ4v) is 3.43. The minimum absolute atomic E-state index is 0.0153. The van der Waals surface area contributed by atoms with Gasteiger partial charge in [-0.05, 0) is 30.5 Å². The van der Waals surface area contributed by atoms with E-state index in [9.17, 15) is 9.18 Å². The van der Waals surface area contributed by atoms with E-state index in [0.717, 1.165) is 31.4 Å². The summed E-state index contributed by atoms with van der Waals surface area (Å²) in [4.78, 5) is 22.7. The predicted molar refractivity (Wildman–Crippen MR) is 119 cm³/mol. The summed E-state index contributed by atoms with van der Waals surface area (Å²) < 4.78 is 20.0. The number of halogens is 1. The normalized spacial score (nSPS) is 15.1. The van der Waals surface area contributed by atoms with Crippen LogP contribution in [0.1, 0.15) is 30.6 Å². The van der Waals surface area contributed by atoms with Gasteiger partial charge < -0.3 is 31.7 Å². The van der Waals surface area contributed by atoms with Crippen molar-refractivity contribution in [3.05, 3.63) is 35.8 Å². The van der Waals surface area contributed by atoms with Crippen LogP contribution in [-0.2, 0) is 4.74 Å². The van der Waals surface area contributed by atoms with Gasteiger partial charge in [-0.3, -0.25) is 4.79 Å². The van der Waals surface area contributed by atoms with Gasteiger partial charge in [-0.15, -0.1) is 0 Å². The molecule has 2 aromatic rings. The molecule has 1 aliphatic heterocycles. The van der Waals surface area contributed by atoms with E-state index in [1.54, 1.807) is 6.20 Å². The molecule has 0 aliphatic carbocycles. The van der Waals surface area contributed by atoms with Crippen LogP contribution in [0.15, 0.2) is 24.4 Å². The minimum atomic E-state index is -0.782. The minimum Gasteiger partial charge on any atom is -0.378 e. The fourth-order valence-electron chi connectivity index (χ4n) is 3.43. The Morgan fingerprint density at radius 3 is 2.61 bits per heavy atom. The van der Waals surface area contributed by atoms with Gasteiger partial charge in [0.1, 0.15) is 11.6 Å². The lowest BCUT2D eigenvalue weighted by molar-refractivity contribution is 0.100. The van der Waals surface area contributed by atoms with E-state index >= 15 is 0 Å². The molecule has 3 heterocycles. The van der Waals surface area contributed by atoms with Crippen molar-refractivity contribution in [2.75, 3.05) is 48.4 Å². The lowest BCUT2D eigenvalue weighted by atomic mass is 10.0. The second-order valence-corrected chi connectivity index (χ2v) is 7.92. The number of amides is 1. The molecular weight excluding hydrogens is 401 g/mol. The highest BCUT2D eigenvalue weighted by molar-refractivity contribution is 5.98. The van der Waals surface area contributed by atoms with Gasteiger partial charge in [0.05, 0.1) is 30.7 Å². The van der Waals surface area contributed by atoms with E-state index in [2.05, 4.69) is 39.3 Å². The Bertz CT molecular complexity index is 886. The average Bonchev–Trinajstić information content (AvgIpc) is 2.76. The monoisotopic (exact) mass is 431 g/mol. The molecule has 168 valence electrons. The maximum Gasteiger partial charge on any atom is 0.252 e. The maximum atomic E-state index is 14.6. The molecule has 1 aliphatic rings. The zero-order valence-corrected chi connectivity index (χ0v) is 17.9. The molecule has 0 aromatic carbocycles. The number of nitrogens with one attached hydrogen (secondary N) is 2. The Balaban J connectivity index is 1.82. The van der Waals surface area contributed by atoms with E-state index in [-0.39, 0.29) is 23.2 Å². The van der Waals surface area contributed by atoms with Crippen molar-refractivity contribution in [2.24, 2.45) is 17.4 Å². The molecule has 10 heteroatoms. The van der Waals surface area contributed by atoms with Gasteiger partial charge in [0.25, 0.3) is 5.91 Å². The molecule has 1 atom stereocenters. The number of morpholine rings is 1. The van der Waals surface area contributed by atoms with Crippen LogP contribution in [0.5, 0.6) is 0 Å². The number of carbonyl (C=O) groups excluding carboxylic acids is 1. The molecule has 0 radical (unpaired) electrons. The molecule has 31 heavy (non-hydrogen) atoms. The first-order chi connectivity index (χ1) is 14.9. The van der Waals surface area contributed by atoms with Gasteiger partial charge in [0, 0.05) is 25.7 Å². The van der Waals surface area contributed by atoms with Gasteiger partial charge in [-0.2, -0.15) is 0 Å². The zero-order valence-electron chi connectivity index (χ0n) is 17.9. The lowest BCUT2D eigenvalue weighted by Gasteiger charge is -2.27. The highest BCUT2D eigenvalue weighted by atomic mass is 19.1. The number of primary amides is 1. The SMILES string of the molecule is CC(C)C[C@H](CN)Nc1nc(Nc2ccc(N3CCOCC3)nc2)c(C(N)=O)cc1F. The number of hydrogen-bond donors (Lipinski definition) is 4. The van der Waals surface area contributed by atoms with Crippen LogP contribution in [0, 0.1) is 11.7 Å². The summed E-state index contributed by atoms with van der Waals surface area (Å²) in [5.41, 5.74) is 11.8. The number of aromatic nitrogens is 2. The van der Waals surface area contributed by atoms with Gasteiger partial charge in [-0.1, -0.05) is 13.8 Å². The van der Waals surface area contributed by atoms with E-state index in [1.807, 2.05) is 12.1 Å². The van der Waals surface area contributed by atoms with Crippen LogP contribution >= 0.6 is 0 Å². The Morgan fingerprint density at radius 2 is 2.03 bits per heavy atom. The van der Waals surface area contributed by atoms with Crippen LogP contribution in [0.3, 0.4) is 0 Å². The second-order valence-electron chi connectivity index (χ2n) is 7.92. The third kappa shape index (κ3) is 6.02. The van der Waals surface area contributed by atoms with Crippen molar-refractivity contribution in [3.63, 3.8) is 0 Å². The number of anilines is 4. The number of nitrogens with zero attached hydrogens (tertiary/aromatic N) is 3. The summed E-state index contributed by atoms with van der Waals surface area (Å²) in [6.07, 6.45) is 2.39. The summed E-state index contributed by atoms with van der Waals surface area (Å²) in [6, 6.07) is 4.62. The van der Waals surface area contributed by atoms with E-state index in [1.165, 1.54) is 0 Å². The molecule has 1 saturated heterocycles. The molecule has 6 N–H and O–H groups in total. The number of hydrogen-bond acceptors (Lipinski definition) is 8. The van der Waals surface area contributed by atoms with Gasteiger partial charge in [0.15, 0.2) is 11.6 Å². The first-order valence-corrected chi connectivity index (χ1v) is 10.4. The lowest BCUT2D eigenvalue weighted by Crippen LogP contribution is -2.36.